The molecule has 0 bridgehead atoms. The number of epoxide rings is 1. The number of hydrogen-bond acceptors (Lipinski definition) is 2. The molecule has 0 amide bonds. The van der Waals surface area contributed by atoms with Gasteiger partial charge in [0.15, 0.2) is 0 Å². The molecule has 1 heterocycles. The second-order valence-electron chi connectivity index (χ2n) is 8.36. The quantitative estimate of drug-likeness (QED) is 0.162. The van der Waals surface area contributed by atoms with Crippen LogP contribution in [-0.4, -0.2) is 12.2 Å². The normalized spacial score (nSPS) is 18.8. The highest BCUT2D eigenvalue weighted by molar-refractivity contribution is 4.84. The summed E-state index contributed by atoms with van der Waals surface area (Å²) < 4.78 is 5.82. The first kappa shape index (κ1) is 23.5. The van der Waals surface area contributed by atoms with Crippen molar-refractivity contribution in [1.29, 1.82) is 5.26 Å². The van der Waals surface area contributed by atoms with E-state index in [-0.39, 0.29) is 0 Å². The minimum absolute atomic E-state index is 0.585. The standard InChI is InChI=1S/C24H45NO/c1-2-3-4-5-6-7-8-9-10-11-14-17-20-23-24(26-23)21-18-15-12-13-16-19-22-25/h23-24H,2-21H2,1H3. The van der Waals surface area contributed by atoms with E-state index < -0.39 is 0 Å². The fourth-order valence-electron chi connectivity index (χ4n) is 3.95. The summed E-state index contributed by atoms with van der Waals surface area (Å²) in [6, 6.07) is 2.22. The third kappa shape index (κ3) is 14.6. The fraction of sp³-hybridized carbons (Fsp3) is 0.958. The van der Waals surface area contributed by atoms with Crippen molar-refractivity contribution in [1.82, 2.24) is 0 Å². The maximum atomic E-state index is 8.50. The van der Waals surface area contributed by atoms with Crippen LogP contribution in [0.1, 0.15) is 135 Å². The third-order valence-corrected chi connectivity index (χ3v) is 5.81. The lowest BCUT2D eigenvalue weighted by Crippen LogP contribution is -1.94. The molecule has 0 aromatic carbocycles. The van der Waals surface area contributed by atoms with E-state index in [4.69, 9.17) is 10.00 Å². The van der Waals surface area contributed by atoms with Crippen LogP contribution in [0.15, 0.2) is 0 Å². The van der Waals surface area contributed by atoms with Crippen molar-refractivity contribution < 1.29 is 4.74 Å². The van der Waals surface area contributed by atoms with Crippen molar-refractivity contribution in [2.24, 2.45) is 0 Å². The lowest BCUT2D eigenvalue weighted by molar-refractivity contribution is 0.347. The van der Waals surface area contributed by atoms with Gasteiger partial charge in [-0.1, -0.05) is 110 Å². The van der Waals surface area contributed by atoms with Crippen LogP contribution >= 0.6 is 0 Å². The minimum atomic E-state index is 0.585. The van der Waals surface area contributed by atoms with Crippen LogP contribution in [0, 0.1) is 11.3 Å². The molecule has 26 heavy (non-hydrogen) atoms. The van der Waals surface area contributed by atoms with E-state index in [0.29, 0.717) is 12.2 Å². The Morgan fingerprint density at radius 3 is 1.38 bits per heavy atom. The van der Waals surface area contributed by atoms with Gasteiger partial charge in [0.1, 0.15) is 0 Å². The number of hydrogen-bond donors (Lipinski definition) is 0. The van der Waals surface area contributed by atoms with Crippen LogP contribution in [0.2, 0.25) is 0 Å². The number of rotatable bonds is 20. The molecule has 0 aromatic heterocycles. The first-order valence-corrected chi connectivity index (χ1v) is 11.9. The van der Waals surface area contributed by atoms with E-state index >= 15 is 0 Å². The average Bonchev–Trinajstić information content (AvgIpc) is 3.40. The molecule has 1 rings (SSSR count). The molecule has 0 radical (unpaired) electrons. The largest absolute Gasteiger partial charge is 0.370 e. The fourth-order valence-corrected chi connectivity index (χ4v) is 3.95. The van der Waals surface area contributed by atoms with E-state index in [0.717, 1.165) is 12.8 Å². The first-order chi connectivity index (χ1) is 12.9. The molecule has 0 N–H and O–H groups in total. The van der Waals surface area contributed by atoms with Crippen molar-refractivity contribution >= 4 is 0 Å². The smallest absolute Gasteiger partial charge is 0.0841 e. The molecule has 1 aliphatic rings. The van der Waals surface area contributed by atoms with Gasteiger partial charge in [0, 0.05) is 6.42 Å². The Morgan fingerprint density at radius 1 is 0.577 bits per heavy atom. The molecular weight excluding hydrogens is 318 g/mol. The number of ether oxygens (including phenoxy) is 1. The van der Waals surface area contributed by atoms with Gasteiger partial charge in [0.2, 0.25) is 0 Å². The van der Waals surface area contributed by atoms with Crippen molar-refractivity contribution in [3.05, 3.63) is 0 Å². The molecule has 0 spiro atoms. The van der Waals surface area contributed by atoms with Gasteiger partial charge in [-0.05, 0) is 19.3 Å². The molecule has 2 atom stereocenters. The third-order valence-electron chi connectivity index (χ3n) is 5.81. The highest BCUT2D eigenvalue weighted by Gasteiger charge is 2.36. The number of nitrogens with zero attached hydrogens (tertiary/aromatic N) is 1. The van der Waals surface area contributed by atoms with Crippen molar-refractivity contribution in [2.75, 3.05) is 0 Å². The molecule has 1 aliphatic heterocycles. The van der Waals surface area contributed by atoms with Crippen molar-refractivity contribution in [2.45, 2.75) is 148 Å². The van der Waals surface area contributed by atoms with Crippen LogP contribution in [0.4, 0.5) is 0 Å². The van der Waals surface area contributed by atoms with Gasteiger partial charge < -0.3 is 4.74 Å². The Morgan fingerprint density at radius 2 is 0.962 bits per heavy atom. The summed E-state index contributed by atoms with van der Waals surface area (Å²) >= 11 is 0. The molecule has 2 heteroatoms. The van der Waals surface area contributed by atoms with Crippen molar-refractivity contribution in [3.63, 3.8) is 0 Å². The Hall–Kier alpha value is -0.550. The zero-order chi connectivity index (χ0) is 18.7. The van der Waals surface area contributed by atoms with Crippen LogP contribution in [-0.2, 0) is 4.74 Å². The van der Waals surface area contributed by atoms with E-state index in [1.165, 1.54) is 116 Å². The number of unbranched alkanes of at least 4 members (excludes halogenated alkanes) is 16. The van der Waals surface area contributed by atoms with Gasteiger partial charge >= 0.3 is 0 Å². The van der Waals surface area contributed by atoms with Gasteiger partial charge in [-0.25, -0.2) is 0 Å². The summed E-state index contributed by atoms with van der Waals surface area (Å²) in [5, 5.41) is 8.50. The Bertz CT molecular complexity index is 336. The maximum absolute atomic E-state index is 8.50. The maximum Gasteiger partial charge on any atom is 0.0841 e. The van der Waals surface area contributed by atoms with Crippen LogP contribution in [0.3, 0.4) is 0 Å². The van der Waals surface area contributed by atoms with Gasteiger partial charge in [-0.2, -0.15) is 5.26 Å². The molecule has 1 saturated heterocycles. The molecular formula is C24H45NO. The lowest BCUT2D eigenvalue weighted by atomic mass is 10.0. The first-order valence-electron chi connectivity index (χ1n) is 11.9. The average molecular weight is 364 g/mol. The molecule has 152 valence electrons. The summed E-state index contributed by atoms with van der Waals surface area (Å²) in [5.41, 5.74) is 0. The van der Waals surface area contributed by atoms with E-state index in [2.05, 4.69) is 13.0 Å². The van der Waals surface area contributed by atoms with E-state index in [1.807, 2.05) is 0 Å². The summed E-state index contributed by atoms with van der Waals surface area (Å²) in [6.45, 7) is 2.29. The van der Waals surface area contributed by atoms with Gasteiger partial charge in [-0.15, -0.1) is 0 Å². The van der Waals surface area contributed by atoms with Crippen LogP contribution in [0.25, 0.3) is 0 Å². The lowest BCUT2D eigenvalue weighted by Gasteiger charge is -2.02. The Labute approximate surface area is 164 Å². The summed E-state index contributed by atoms with van der Waals surface area (Å²) in [6.07, 6.45) is 27.8. The monoisotopic (exact) mass is 363 g/mol. The van der Waals surface area contributed by atoms with Crippen LogP contribution in [0.5, 0.6) is 0 Å². The summed E-state index contributed by atoms with van der Waals surface area (Å²) in [5.74, 6) is 0. The van der Waals surface area contributed by atoms with Gasteiger partial charge in [0.25, 0.3) is 0 Å². The van der Waals surface area contributed by atoms with E-state index in [1.54, 1.807) is 0 Å². The van der Waals surface area contributed by atoms with Crippen LogP contribution < -0.4 is 0 Å². The highest BCUT2D eigenvalue weighted by atomic mass is 16.6. The molecule has 0 saturated carbocycles. The van der Waals surface area contributed by atoms with Crippen molar-refractivity contribution in [3.8, 4) is 6.07 Å². The zero-order valence-corrected chi connectivity index (χ0v) is 17.7. The highest BCUT2D eigenvalue weighted by Crippen LogP contribution is 2.31. The Kier molecular flexibility index (Phi) is 16.1. The predicted octanol–water partition coefficient (Wildman–Crippen LogP) is 8.10. The Balaban J connectivity index is 1.71. The topological polar surface area (TPSA) is 36.3 Å². The molecule has 0 aromatic rings. The summed E-state index contributed by atoms with van der Waals surface area (Å²) in [7, 11) is 0. The number of nitriles is 1. The summed E-state index contributed by atoms with van der Waals surface area (Å²) in [4.78, 5) is 0. The second-order valence-corrected chi connectivity index (χ2v) is 8.36. The molecule has 2 unspecified atom stereocenters. The molecule has 0 aliphatic carbocycles. The molecule has 2 nitrogen and oxygen atoms in total. The minimum Gasteiger partial charge on any atom is -0.370 e. The van der Waals surface area contributed by atoms with Gasteiger partial charge in [0.05, 0.1) is 18.3 Å². The van der Waals surface area contributed by atoms with E-state index in [9.17, 15) is 0 Å². The SMILES string of the molecule is CCCCCCCCCCCCCCC1OC1CCCCCCCC#N. The predicted molar refractivity (Wildman–Crippen MR) is 112 cm³/mol. The second kappa shape index (κ2) is 17.8. The van der Waals surface area contributed by atoms with Gasteiger partial charge in [-0.3, -0.25) is 0 Å². The zero-order valence-electron chi connectivity index (χ0n) is 17.7. The molecule has 1 fully saturated rings.